The number of rotatable bonds is 4. The van der Waals surface area contributed by atoms with Crippen LogP contribution < -0.4 is 5.32 Å². The Bertz CT molecular complexity index is 475. The quantitative estimate of drug-likeness (QED) is 0.848. The van der Waals surface area contributed by atoms with Crippen LogP contribution in [0, 0.1) is 5.92 Å². The van der Waals surface area contributed by atoms with E-state index in [1.807, 2.05) is 6.07 Å². The summed E-state index contributed by atoms with van der Waals surface area (Å²) in [5, 5.41) is 11.8. The highest BCUT2D eigenvalue weighted by Gasteiger charge is 2.29. The molecule has 2 atom stereocenters. The van der Waals surface area contributed by atoms with Crippen LogP contribution in [0.4, 0.5) is 0 Å². The zero-order chi connectivity index (χ0) is 14.5. The van der Waals surface area contributed by atoms with Crippen LogP contribution in [0.15, 0.2) is 30.3 Å². The molecule has 1 aliphatic heterocycles. The van der Waals surface area contributed by atoms with Gasteiger partial charge in [-0.3, -0.25) is 9.59 Å². The minimum atomic E-state index is -0.555. The maximum Gasteiger partial charge on any atom is 0.251 e. The van der Waals surface area contributed by atoms with Gasteiger partial charge in [-0.1, -0.05) is 18.2 Å². The molecule has 0 aliphatic carbocycles. The van der Waals surface area contributed by atoms with Gasteiger partial charge in [-0.15, -0.1) is 0 Å². The Kier molecular flexibility index (Phi) is 4.74. The summed E-state index contributed by atoms with van der Waals surface area (Å²) in [5.41, 5.74) is 0.543. The van der Waals surface area contributed by atoms with Gasteiger partial charge in [0, 0.05) is 31.2 Å². The number of hydrogen-bond acceptors (Lipinski definition) is 3. The van der Waals surface area contributed by atoms with Crippen LogP contribution in [0.1, 0.15) is 23.7 Å². The third-order valence-electron chi connectivity index (χ3n) is 3.61. The molecule has 20 heavy (non-hydrogen) atoms. The van der Waals surface area contributed by atoms with E-state index in [1.54, 1.807) is 36.1 Å². The second-order valence-electron chi connectivity index (χ2n) is 5.18. The number of amides is 2. The molecular weight excluding hydrogens is 256 g/mol. The average Bonchev–Trinajstić information content (AvgIpc) is 2.96. The number of aliphatic hydroxyl groups is 1. The smallest absolute Gasteiger partial charge is 0.251 e. The standard InChI is InChI=1S/C15H20N2O3/c1-11(15(20)17-8-7-12(9-17)10-18)16-14(19)13-5-3-2-4-6-13/h2-6,11-12,18H,7-10H2,1H3,(H,16,19). The summed E-state index contributed by atoms with van der Waals surface area (Å²) < 4.78 is 0. The zero-order valence-corrected chi connectivity index (χ0v) is 11.6. The van der Waals surface area contributed by atoms with Crippen LogP contribution in [0.5, 0.6) is 0 Å². The molecule has 0 aromatic heterocycles. The van der Waals surface area contributed by atoms with Crippen molar-refractivity contribution in [2.45, 2.75) is 19.4 Å². The molecule has 2 rings (SSSR count). The summed E-state index contributed by atoms with van der Waals surface area (Å²) in [5.74, 6) is -0.175. The van der Waals surface area contributed by atoms with Crippen molar-refractivity contribution in [2.75, 3.05) is 19.7 Å². The van der Waals surface area contributed by atoms with Gasteiger partial charge < -0.3 is 15.3 Å². The van der Waals surface area contributed by atoms with Crippen LogP contribution >= 0.6 is 0 Å². The van der Waals surface area contributed by atoms with Crippen LogP contribution in [0.25, 0.3) is 0 Å². The van der Waals surface area contributed by atoms with Crippen LogP contribution in [-0.2, 0) is 4.79 Å². The highest BCUT2D eigenvalue weighted by atomic mass is 16.3. The van der Waals surface area contributed by atoms with E-state index in [1.165, 1.54) is 0 Å². The lowest BCUT2D eigenvalue weighted by molar-refractivity contribution is -0.131. The Labute approximate surface area is 118 Å². The van der Waals surface area contributed by atoms with Crippen molar-refractivity contribution in [3.05, 3.63) is 35.9 Å². The summed E-state index contributed by atoms with van der Waals surface area (Å²) in [6.45, 7) is 3.01. The topological polar surface area (TPSA) is 69.6 Å². The minimum absolute atomic E-state index is 0.0924. The van der Waals surface area contributed by atoms with Crippen molar-refractivity contribution in [1.29, 1.82) is 0 Å². The third-order valence-corrected chi connectivity index (χ3v) is 3.61. The van der Waals surface area contributed by atoms with E-state index < -0.39 is 6.04 Å². The molecule has 1 aromatic carbocycles. The lowest BCUT2D eigenvalue weighted by Crippen LogP contribution is -2.46. The van der Waals surface area contributed by atoms with Gasteiger partial charge in [-0.2, -0.15) is 0 Å². The molecule has 1 aliphatic rings. The van der Waals surface area contributed by atoms with Gasteiger partial charge in [0.2, 0.25) is 5.91 Å². The van der Waals surface area contributed by atoms with Crippen molar-refractivity contribution in [3.8, 4) is 0 Å². The molecule has 0 radical (unpaired) electrons. The summed E-state index contributed by atoms with van der Waals surface area (Å²) >= 11 is 0. The van der Waals surface area contributed by atoms with E-state index in [0.29, 0.717) is 18.7 Å². The van der Waals surface area contributed by atoms with Crippen molar-refractivity contribution in [3.63, 3.8) is 0 Å². The first kappa shape index (κ1) is 14.5. The predicted molar refractivity (Wildman–Crippen MR) is 75.1 cm³/mol. The zero-order valence-electron chi connectivity index (χ0n) is 11.6. The number of likely N-dealkylation sites (tertiary alicyclic amines) is 1. The number of nitrogens with one attached hydrogen (secondary N) is 1. The van der Waals surface area contributed by atoms with Crippen molar-refractivity contribution < 1.29 is 14.7 Å². The van der Waals surface area contributed by atoms with Crippen LogP contribution in [0.2, 0.25) is 0 Å². The Balaban J connectivity index is 1.90. The van der Waals surface area contributed by atoms with Gasteiger partial charge >= 0.3 is 0 Å². The molecule has 0 bridgehead atoms. The van der Waals surface area contributed by atoms with Gasteiger partial charge in [0.15, 0.2) is 0 Å². The first-order chi connectivity index (χ1) is 9.61. The lowest BCUT2D eigenvalue weighted by Gasteiger charge is -2.21. The highest BCUT2D eigenvalue weighted by Crippen LogP contribution is 2.16. The number of benzene rings is 1. The maximum absolute atomic E-state index is 12.2. The molecule has 108 valence electrons. The molecular formula is C15H20N2O3. The monoisotopic (exact) mass is 276 g/mol. The van der Waals surface area contributed by atoms with E-state index in [-0.39, 0.29) is 24.3 Å². The number of carbonyl (C=O) groups is 2. The Hall–Kier alpha value is -1.88. The SMILES string of the molecule is CC(NC(=O)c1ccccc1)C(=O)N1CCC(CO)C1. The molecule has 1 saturated heterocycles. The molecule has 0 saturated carbocycles. The maximum atomic E-state index is 12.2. The first-order valence-electron chi connectivity index (χ1n) is 6.87. The second-order valence-corrected chi connectivity index (χ2v) is 5.18. The van der Waals surface area contributed by atoms with Gasteiger partial charge in [-0.25, -0.2) is 0 Å². The molecule has 1 fully saturated rings. The van der Waals surface area contributed by atoms with Gasteiger partial charge in [0.25, 0.3) is 5.91 Å². The number of aliphatic hydroxyl groups excluding tert-OH is 1. The molecule has 5 nitrogen and oxygen atoms in total. The van der Waals surface area contributed by atoms with Crippen molar-refractivity contribution in [2.24, 2.45) is 5.92 Å². The minimum Gasteiger partial charge on any atom is -0.396 e. The van der Waals surface area contributed by atoms with Crippen LogP contribution in [-0.4, -0.2) is 47.6 Å². The van der Waals surface area contributed by atoms with Gasteiger partial charge in [0.05, 0.1) is 0 Å². The molecule has 2 unspecified atom stereocenters. The molecule has 5 heteroatoms. The van der Waals surface area contributed by atoms with Gasteiger partial charge in [-0.05, 0) is 25.5 Å². The Morgan fingerprint density at radius 3 is 2.70 bits per heavy atom. The molecule has 2 amide bonds. The summed E-state index contributed by atoms with van der Waals surface area (Å²) in [7, 11) is 0. The lowest BCUT2D eigenvalue weighted by atomic mass is 10.1. The number of nitrogens with zero attached hydrogens (tertiary/aromatic N) is 1. The summed E-state index contributed by atoms with van der Waals surface area (Å²) in [4.78, 5) is 25.9. The normalized spacial score (nSPS) is 19.7. The Morgan fingerprint density at radius 2 is 2.10 bits per heavy atom. The molecule has 2 N–H and O–H groups in total. The van der Waals surface area contributed by atoms with E-state index in [0.717, 1.165) is 6.42 Å². The van der Waals surface area contributed by atoms with E-state index in [4.69, 9.17) is 5.11 Å². The van der Waals surface area contributed by atoms with E-state index >= 15 is 0 Å². The summed E-state index contributed by atoms with van der Waals surface area (Å²) in [6, 6.07) is 8.28. The Morgan fingerprint density at radius 1 is 1.40 bits per heavy atom. The average molecular weight is 276 g/mol. The molecule has 0 spiro atoms. The first-order valence-corrected chi connectivity index (χ1v) is 6.87. The molecule has 1 heterocycles. The number of carbonyl (C=O) groups excluding carboxylic acids is 2. The molecule has 1 aromatic rings. The summed E-state index contributed by atoms with van der Waals surface area (Å²) in [6.07, 6.45) is 0.821. The fourth-order valence-corrected chi connectivity index (χ4v) is 2.39. The van der Waals surface area contributed by atoms with Crippen molar-refractivity contribution >= 4 is 11.8 Å². The predicted octanol–water partition coefficient (Wildman–Crippen LogP) is 0.646. The highest BCUT2D eigenvalue weighted by molar-refractivity contribution is 5.97. The van der Waals surface area contributed by atoms with E-state index in [2.05, 4.69) is 5.32 Å². The van der Waals surface area contributed by atoms with E-state index in [9.17, 15) is 9.59 Å². The van der Waals surface area contributed by atoms with Crippen molar-refractivity contribution in [1.82, 2.24) is 10.2 Å². The fourth-order valence-electron chi connectivity index (χ4n) is 2.39. The van der Waals surface area contributed by atoms with Crippen LogP contribution in [0.3, 0.4) is 0 Å². The third kappa shape index (κ3) is 3.36. The second kappa shape index (κ2) is 6.52. The van der Waals surface area contributed by atoms with Gasteiger partial charge in [0.1, 0.15) is 6.04 Å². The fraction of sp³-hybridized carbons (Fsp3) is 0.467. The largest absolute Gasteiger partial charge is 0.396 e. The number of hydrogen-bond donors (Lipinski definition) is 2.